The maximum absolute atomic E-state index is 14.4. The van der Waals surface area contributed by atoms with E-state index < -0.39 is 17.8 Å². The minimum Gasteiger partial charge on any atom is -0.494 e. The fourth-order valence-electron chi connectivity index (χ4n) is 4.12. The van der Waals surface area contributed by atoms with Gasteiger partial charge in [-0.2, -0.15) is 0 Å². The van der Waals surface area contributed by atoms with E-state index in [2.05, 4.69) is 18.2 Å². The normalized spacial score (nSPS) is 18.9. The van der Waals surface area contributed by atoms with Gasteiger partial charge in [-0.25, -0.2) is 4.39 Å². The number of carboxylic acid groups (broad SMARTS) is 1. The molecule has 1 aliphatic rings. The van der Waals surface area contributed by atoms with Crippen LogP contribution in [0.3, 0.4) is 0 Å². The van der Waals surface area contributed by atoms with Crippen molar-refractivity contribution in [2.75, 3.05) is 13.7 Å². The molecule has 1 saturated heterocycles. The first-order valence-corrected chi connectivity index (χ1v) is 9.31. The summed E-state index contributed by atoms with van der Waals surface area (Å²) in [5.74, 6) is -1.07. The molecular weight excluding hydrogens is 345 g/mol. The topological polar surface area (TPSA) is 49.8 Å². The van der Waals surface area contributed by atoms with Crippen LogP contribution in [0.1, 0.15) is 47.6 Å². The van der Waals surface area contributed by atoms with Crippen molar-refractivity contribution in [3.63, 3.8) is 0 Å². The lowest BCUT2D eigenvalue weighted by molar-refractivity contribution is -0.145. The molecule has 0 saturated carbocycles. The molecule has 1 aliphatic heterocycles. The Hall–Kier alpha value is -2.40. The smallest absolute Gasteiger partial charge is 0.320 e. The van der Waals surface area contributed by atoms with Gasteiger partial charge in [-0.1, -0.05) is 41.8 Å². The maximum atomic E-state index is 14.4. The Bertz CT molecular complexity index is 816. The maximum Gasteiger partial charge on any atom is 0.320 e. The van der Waals surface area contributed by atoms with Gasteiger partial charge in [0.05, 0.1) is 13.2 Å². The largest absolute Gasteiger partial charge is 0.494 e. The summed E-state index contributed by atoms with van der Waals surface area (Å²) in [7, 11) is 1.44. The lowest BCUT2D eigenvalue weighted by atomic mass is 9.90. The summed E-state index contributed by atoms with van der Waals surface area (Å²) < 4.78 is 19.5. The fraction of sp³-hybridized carbons (Fsp3) is 0.409. The van der Waals surface area contributed by atoms with Crippen molar-refractivity contribution >= 4 is 5.97 Å². The monoisotopic (exact) mass is 371 g/mol. The number of nitrogens with zero attached hydrogens (tertiary/aromatic N) is 1. The number of ether oxygens (including phenoxy) is 1. The van der Waals surface area contributed by atoms with E-state index in [1.165, 1.54) is 13.2 Å². The summed E-state index contributed by atoms with van der Waals surface area (Å²) in [6, 6.07) is 10.2. The van der Waals surface area contributed by atoms with E-state index in [1.807, 2.05) is 24.8 Å². The molecule has 0 radical (unpaired) electrons. The number of aliphatic carboxylic acids is 1. The average molecular weight is 371 g/mol. The summed E-state index contributed by atoms with van der Waals surface area (Å²) in [5.41, 5.74) is 3.94. The Morgan fingerprint density at radius 3 is 2.44 bits per heavy atom. The number of piperidine rings is 1. The molecule has 0 spiro atoms. The zero-order chi connectivity index (χ0) is 19.6. The Morgan fingerprint density at radius 2 is 1.85 bits per heavy atom. The third-order valence-corrected chi connectivity index (χ3v) is 5.21. The Labute approximate surface area is 159 Å². The molecule has 1 heterocycles. The van der Waals surface area contributed by atoms with Crippen molar-refractivity contribution < 1.29 is 19.0 Å². The van der Waals surface area contributed by atoms with Crippen molar-refractivity contribution in [1.29, 1.82) is 0 Å². The number of aryl methyl sites for hydroxylation is 2. The minimum atomic E-state index is -0.821. The van der Waals surface area contributed by atoms with E-state index >= 15 is 0 Å². The molecule has 2 aromatic carbocycles. The third kappa shape index (κ3) is 4.14. The van der Waals surface area contributed by atoms with Gasteiger partial charge >= 0.3 is 5.97 Å². The summed E-state index contributed by atoms with van der Waals surface area (Å²) in [6.07, 6.45) is 2.43. The molecule has 1 N–H and O–H groups in total. The number of rotatable bonds is 5. The van der Waals surface area contributed by atoms with E-state index in [0.717, 1.165) is 35.1 Å². The predicted molar refractivity (Wildman–Crippen MR) is 103 cm³/mol. The molecular formula is C22H26FNO3. The van der Waals surface area contributed by atoms with Gasteiger partial charge in [-0.05, 0) is 56.5 Å². The van der Waals surface area contributed by atoms with E-state index in [9.17, 15) is 14.3 Å². The predicted octanol–water partition coefficient (Wildman–Crippen LogP) is 4.48. The van der Waals surface area contributed by atoms with Crippen LogP contribution in [0.4, 0.5) is 4.39 Å². The van der Waals surface area contributed by atoms with Gasteiger partial charge in [-0.3, -0.25) is 9.69 Å². The SMILES string of the molecule is COc1ccc(C(c2cc(C)cc(C)c2)N2CCCCC2C(=O)O)cc1F. The highest BCUT2D eigenvalue weighted by Gasteiger charge is 2.35. The number of carbonyl (C=O) groups is 1. The van der Waals surface area contributed by atoms with Crippen LogP contribution in [0.25, 0.3) is 0 Å². The zero-order valence-electron chi connectivity index (χ0n) is 16.0. The first-order chi connectivity index (χ1) is 12.9. The highest BCUT2D eigenvalue weighted by atomic mass is 19.1. The number of hydrogen-bond acceptors (Lipinski definition) is 3. The van der Waals surface area contributed by atoms with Crippen molar-refractivity contribution in [1.82, 2.24) is 4.90 Å². The molecule has 0 aliphatic carbocycles. The molecule has 3 rings (SSSR count). The quantitative estimate of drug-likeness (QED) is 0.842. The Morgan fingerprint density at radius 1 is 1.15 bits per heavy atom. The molecule has 2 unspecified atom stereocenters. The van der Waals surface area contributed by atoms with Gasteiger partial charge in [-0.15, -0.1) is 0 Å². The van der Waals surface area contributed by atoms with Crippen LogP contribution in [-0.2, 0) is 4.79 Å². The highest BCUT2D eigenvalue weighted by Crippen LogP contribution is 2.36. The second-order valence-corrected chi connectivity index (χ2v) is 7.31. The second kappa shape index (κ2) is 8.09. The molecule has 5 heteroatoms. The second-order valence-electron chi connectivity index (χ2n) is 7.31. The molecule has 144 valence electrons. The van der Waals surface area contributed by atoms with Crippen LogP contribution < -0.4 is 4.74 Å². The Balaban J connectivity index is 2.13. The molecule has 0 amide bonds. The zero-order valence-corrected chi connectivity index (χ0v) is 16.0. The number of carboxylic acids is 1. The minimum absolute atomic E-state index is 0.186. The molecule has 4 nitrogen and oxygen atoms in total. The van der Waals surface area contributed by atoms with E-state index in [1.54, 1.807) is 6.07 Å². The van der Waals surface area contributed by atoms with Gasteiger partial charge in [0.2, 0.25) is 0 Å². The summed E-state index contributed by atoms with van der Waals surface area (Å²) in [4.78, 5) is 13.9. The van der Waals surface area contributed by atoms with Crippen LogP contribution in [0.15, 0.2) is 36.4 Å². The van der Waals surface area contributed by atoms with Gasteiger partial charge in [0, 0.05) is 0 Å². The Kier molecular flexibility index (Phi) is 5.80. The van der Waals surface area contributed by atoms with Crippen molar-refractivity contribution in [2.45, 2.75) is 45.2 Å². The molecule has 1 fully saturated rings. The van der Waals surface area contributed by atoms with Crippen LogP contribution in [0, 0.1) is 19.7 Å². The van der Waals surface area contributed by atoms with Crippen molar-refractivity contribution in [2.24, 2.45) is 0 Å². The lowest BCUT2D eigenvalue weighted by Gasteiger charge is -2.40. The average Bonchev–Trinajstić information content (AvgIpc) is 2.61. The standard InChI is InChI=1S/C22H26FNO3/c1-14-10-15(2)12-17(11-14)21(16-7-8-20(27-3)18(23)13-16)24-9-5-4-6-19(24)22(25)26/h7-8,10-13,19,21H,4-6,9H2,1-3H3,(H,25,26). The van der Waals surface area contributed by atoms with Gasteiger partial charge in [0.15, 0.2) is 11.6 Å². The van der Waals surface area contributed by atoms with Gasteiger partial charge in [0.25, 0.3) is 0 Å². The molecule has 0 aromatic heterocycles. The third-order valence-electron chi connectivity index (χ3n) is 5.21. The molecule has 0 bridgehead atoms. The number of likely N-dealkylation sites (tertiary alicyclic amines) is 1. The highest BCUT2D eigenvalue weighted by molar-refractivity contribution is 5.73. The number of methoxy groups -OCH3 is 1. The van der Waals surface area contributed by atoms with Crippen LogP contribution >= 0.6 is 0 Å². The van der Waals surface area contributed by atoms with Crippen LogP contribution in [0.2, 0.25) is 0 Å². The number of hydrogen-bond donors (Lipinski definition) is 1. The van der Waals surface area contributed by atoms with E-state index in [0.29, 0.717) is 13.0 Å². The first-order valence-electron chi connectivity index (χ1n) is 9.31. The van der Waals surface area contributed by atoms with Crippen LogP contribution in [-0.4, -0.2) is 35.7 Å². The van der Waals surface area contributed by atoms with E-state index in [-0.39, 0.29) is 11.8 Å². The molecule has 27 heavy (non-hydrogen) atoms. The summed E-state index contributed by atoms with van der Waals surface area (Å²) in [5, 5.41) is 9.76. The van der Waals surface area contributed by atoms with Crippen molar-refractivity contribution in [3.05, 3.63) is 64.5 Å². The summed E-state index contributed by atoms with van der Waals surface area (Å²) >= 11 is 0. The molecule has 2 atom stereocenters. The fourth-order valence-corrected chi connectivity index (χ4v) is 4.12. The van der Waals surface area contributed by atoms with Gasteiger partial charge in [0.1, 0.15) is 6.04 Å². The van der Waals surface area contributed by atoms with E-state index in [4.69, 9.17) is 4.74 Å². The number of halogens is 1. The van der Waals surface area contributed by atoms with Gasteiger partial charge < -0.3 is 9.84 Å². The summed E-state index contributed by atoms with van der Waals surface area (Å²) in [6.45, 7) is 4.71. The van der Waals surface area contributed by atoms with Crippen LogP contribution in [0.5, 0.6) is 5.75 Å². The molecule has 2 aromatic rings. The first kappa shape index (κ1) is 19.4. The number of benzene rings is 2. The lowest BCUT2D eigenvalue weighted by Crippen LogP contribution is -2.46. The van der Waals surface area contributed by atoms with Crippen molar-refractivity contribution in [3.8, 4) is 5.75 Å².